The third-order valence-electron chi connectivity index (χ3n) is 2.06. The summed E-state index contributed by atoms with van der Waals surface area (Å²) in [4.78, 5) is 15.2. The predicted molar refractivity (Wildman–Crippen MR) is 62.4 cm³/mol. The van der Waals surface area contributed by atoms with E-state index in [-0.39, 0.29) is 12.1 Å². The Morgan fingerprint density at radius 1 is 1.62 bits per heavy atom. The van der Waals surface area contributed by atoms with Gasteiger partial charge in [-0.15, -0.1) is 11.3 Å². The third kappa shape index (κ3) is 2.16. The highest BCUT2D eigenvalue weighted by atomic mass is 32.1. The molecule has 2 heterocycles. The van der Waals surface area contributed by atoms with Gasteiger partial charge in [0, 0.05) is 24.1 Å². The maximum absolute atomic E-state index is 11.5. The number of hydrogen-bond acceptors (Lipinski definition) is 3. The average Bonchev–Trinajstić information content (AvgIpc) is 2.88. The first-order valence-electron chi connectivity index (χ1n) is 4.66. The molecule has 0 fully saturated rings. The number of thiophene rings is 1. The quantitative estimate of drug-likeness (QED) is 0.491. The zero-order valence-electron chi connectivity index (χ0n) is 8.33. The normalized spacial score (nSPS) is 10.0. The van der Waals surface area contributed by atoms with Gasteiger partial charge in [0.05, 0.1) is 10.6 Å². The van der Waals surface area contributed by atoms with E-state index in [1.54, 1.807) is 17.4 Å². The van der Waals surface area contributed by atoms with Crippen molar-refractivity contribution in [1.82, 2.24) is 9.78 Å². The molecule has 0 aliphatic rings. The van der Waals surface area contributed by atoms with Gasteiger partial charge < -0.3 is 0 Å². The van der Waals surface area contributed by atoms with Crippen molar-refractivity contribution in [3.8, 4) is 10.6 Å². The Labute approximate surface area is 94.8 Å². The molecule has 2 aromatic rings. The molecular formula is C9H9N5OS. The Hall–Kier alpha value is -1.98. The SMILES string of the molecule is [N-]=[N+]=NCCn1[nH]c(-c2cccs2)cc1=O. The monoisotopic (exact) mass is 235 g/mol. The van der Waals surface area contributed by atoms with Crippen molar-refractivity contribution < 1.29 is 0 Å². The molecule has 6 nitrogen and oxygen atoms in total. The number of aromatic nitrogens is 2. The molecule has 1 N–H and O–H groups in total. The highest BCUT2D eigenvalue weighted by Crippen LogP contribution is 2.20. The predicted octanol–water partition coefficient (Wildman–Crippen LogP) is 2.22. The standard InChI is InChI=1S/C9H9N5OS/c10-13-11-3-4-14-9(15)6-7(12-14)8-2-1-5-16-8/h1-2,5-6,12H,3-4H2. The lowest BCUT2D eigenvalue weighted by molar-refractivity contribution is 0.607. The van der Waals surface area contributed by atoms with Crippen molar-refractivity contribution in [3.05, 3.63) is 44.4 Å². The highest BCUT2D eigenvalue weighted by molar-refractivity contribution is 7.13. The van der Waals surface area contributed by atoms with Crippen LogP contribution in [0.3, 0.4) is 0 Å². The molecule has 0 bridgehead atoms. The Balaban J connectivity index is 2.22. The van der Waals surface area contributed by atoms with E-state index >= 15 is 0 Å². The number of aromatic amines is 1. The first-order valence-corrected chi connectivity index (χ1v) is 5.54. The summed E-state index contributed by atoms with van der Waals surface area (Å²) in [7, 11) is 0. The summed E-state index contributed by atoms with van der Waals surface area (Å²) in [5, 5.41) is 8.31. The van der Waals surface area contributed by atoms with E-state index in [9.17, 15) is 4.79 Å². The fourth-order valence-corrected chi connectivity index (χ4v) is 2.04. The fraction of sp³-hybridized carbons (Fsp3) is 0.222. The van der Waals surface area contributed by atoms with Gasteiger partial charge in [0.2, 0.25) is 0 Å². The van der Waals surface area contributed by atoms with Crippen LogP contribution in [0.5, 0.6) is 0 Å². The molecule has 7 heteroatoms. The minimum absolute atomic E-state index is 0.114. The van der Waals surface area contributed by atoms with Crippen LogP contribution in [0.2, 0.25) is 0 Å². The smallest absolute Gasteiger partial charge is 0.267 e. The van der Waals surface area contributed by atoms with Crippen molar-refractivity contribution in [2.45, 2.75) is 6.54 Å². The molecule has 82 valence electrons. The molecule has 2 rings (SSSR count). The van der Waals surface area contributed by atoms with E-state index in [4.69, 9.17) is 5.53 Å². The second kappa shape index (κ2) is 4.69. The number of rotatable bonds is 4. The maximum Gasteiger partial charge on any atom is 0.267 e. The lowest BCUT2D eigenvalue weighted by atomic mass is 10.3. The second-order valence-corrected chi connectivity index (χ2v) is 4.04. The van der Waals surface area contributed by atoms with E-state index < -0.39 is 0 Å². The van der Waals surface area contributed by atoms with Crippen LogP contribution in [-0.4, -0.2) is 16.3 Å². The van der Waals surface area contributed by atoms with E-state index in [1.807, 2.05) is 17.5 Å². The van der Waals surface area contributed by atoms with Gasteiger partial charge in [0.15, 0.2) is 0 Å². The molecule has 0 spiro atoms. The summed E-state index contributed by atoms with van der Waals surface area (Å²) >= 11 is 1.56. The zero-order valence-corrected chi connectivity index (χ0v) is 9.15. The Morgan fingerprint density at radius 2 is 2.50 bits per heavy atom. The number of hydrogen-bond donors (Lipinski definition) is 1. The van der Waals surface area contributed by atoms with Gasteiger partial charge in [-0.05, 0) is 17.0 Å². The molecular weight excluding hydrogens is 226 g/mol. The highest BCUT2D eigenvalue weighted by Gasteiger charge is 2.04. The van der Waals surface area contributed by atoms with Gasteiger partial charge in [0.1, 0.15) is 0 Å². The molecule has 0 radical (unpaired) electrons. The largest absolute Gasteiger partial charge is 0.294 e. The molecule has 2 aromatic heterocycles. The van der Waals surface area contributed by atoms with Crippen LogP contribution in [0.15, 0.2) is 33.5 Å². The van der Waals surface area contributed by atoms with Crippen LogP contribution in [0, 0.1) is 0 Å². The number of nitrogens with one attached hydrogen (secondary N) is 1. The lowest BCUT2D eigenvalue weighted by Gasteiger charge is -1.97. The van der Waals surface area contributed by atoms with Gasteiger partial charge in [-0.1, -0.05) is 11.2 Å². The van der Waals surface area contributed by atoms with Crippen molar-refractivity contribution in [2.24, 2.45) is 5.11 Å². The molecule has 0 aromatic carbocycles. The van der Waals surface area contributed by atoms with Crippen molar-refractivity contribution in [3.63, 3.8) is 0 Å². The molecule has 0 amide bonds. The van der Waals surface area contributed by atoms with Gasteiger partial charge >= 0.3 is 0 Å². The first-order chi connectivity index (χ1) is 7.81. The Morgan fingerprint density at radius 3 is 3.19 bits per heavy atom. The van der Waals surface area contributed by atoms with Gasteiger partial charge in [-0.2, -0.15) is 0 Å². The fourth-order valence-electron chi connectivity index (χ4n) is 1.35. The summed E-state index contributed by atoms with van der Waals surface area (Å²) in [6, 6.07) is 5.41. The van der Waals surface area contributed by atoms with E-state index in [1.165, 1.54) is 4.68 Å². The van der Waals surface area contributed by atoms with Gasteiger partial charge in [-0.25, -0.2) is 0 Å². The van der Waals surface area contributed by atoms with Crippen LogP contribution in [0.1, 0.15) is 0 Å². The summed E-state index contributed by atoms with van der Waals surface area (Å²) in [5.74, 6) is 0. The van der Waals surface area contributed by atoms with Crippen molar-refractivity contribution in [1.29, 1.82) is 0 Å². The Kier molecular flexibility index (Phi) is 3.09. The number of H-pyrrole nitrogens is 1. The second-order valence-electron chi connectivity index (χ2n) is 3.09. The molecule has 0 atom stereocenters. The van der Waals surface area contributed by atoms with Gasteiger partial charge in [0.25, 0.3) is 5.56 Å². The minimum atomic E-state index is -0.114. The molecule has 0 unspecified atom stereocenters. The van der Waals surface area contributed by atoms with Crippen LogP contribution < -0.4 is 5.56 Å². The zero-order chi connectivity index (χ0) is 11.4. The van der Waals surface area contributed by atoms with E-state index in [0.717, 1.165) is 10.6 Å². The summed E-state index contributed by atoms with van der Waals surface area (Å²) < 4.78 is 1.43. The summed E-state index contributed by atoms with van der Waals surface area (Å²) in [6.07, 6.45) is 0. The molecule has 0 aliphatic heterocycles. The van der Waals surface area contributed by atoms with Crippen LogP contribution in [-0.2, 0) is 6.54 Å². The summed E-state index contributed by atoms with van der Waals surface area (Å²) in [6.45, 7) is 0.634. The van der Waals surface area contributed by atoms with Crippen LogP contribution in [0.25, 0.3) is 21.0 Å². The first kappa shape index (κ1) is 10.5. The lowest BCUT2D eigenvalue weighted by Crippen LogP contribution is -2.17. The van der Waals surface area contributed by atoms with Crippen molar-refractivity contribution in [2.75, 3.05) is 6.54 Å². The van der Waals surface area contributed by atoms with E-state index in [0.29, 0.717) is 6.54 Å². The van der Waals surface area contributed by atoms with Gasteiger partial charge in [-0.3, -0.25) is 14.6 Å². The average molecular weight is 235 g/mol. The van der Waals surface area contributed by atoms with Crippen molar-refractivity contribution >= 4 is 11.3 Å². The topological polar surface area (TPSA) is 86.6 Å². The third-order valence-corrected chi connectivity index (χ3v) is 2.97. The molecule has 0 saturated heterocycles. The van der Waals surface area contributed by atoms with Crippen LogP contribution in [0.4, 0.5) is 0 Å². The summed E-state index contributed by atoms with van der Waals surface area (Å²) in [5.41, 5.74) is 8.81. The minimum Gasteiger partial charge on any atom is -0.294 e. The van der Waals surface area contributed by atoms with Crippen LogP contribution >= 0.6 is 11.3 Å². The number of azide groups is 1. The molecule has 0 aliphatic carbocycles. The Bertz CT molecular complexity index is 561. The molecule has 16 heavy (non-hydrogen) atoms. The maximum atomic E-state index is 11.5. The number of nitrogens with zero attached hydrogens (tertiary/aromatic N) is 4. The molecule has 0 saturated carbocycles. The van der Waals surface area contributed by atoms with E-state index in [2.05, 4.69) is 15.1 Å².